The highest BCUT2D eigenvalue weighted by atomic mass is 16.3. The van der Waals surface area contributed by atoms with E-state index in [0.29, 0.717) is 5.92 Å². The van der Waals surface area contributed by atoms with Crippen LogP contribution in [0.5, 0.6) is 0 Å². The summed E-state index contributed by atoms with van der Waals surface area (Å²) in [5.74, 6) is 0.485. The SMILES string of the molecule is OCC(O)[CH]C1CCNCC1. The van der Waals surface area contributed by atoms with Gasteiger partial charge in [0.25, 0.3) is 0 Å². The Bertz CT molecular complexity index is 102. The van der Waals surface area contributed by atoms with E-state index in [1.165, 1.54) is 0 Å². The van der Waals surface area contributed by atoms with Gasteiger partial charge in [0, 0.05) is 0 Å². The van der Waals surface area contributed by atoms with Crippen LogP contribution >= 0.6 is 0 Å². The predicted octanol–water partition coefficient (Wildman–Crippen LogP) is -0.457. The molecule has 3 nitrogen and oxygen atoms in total. The summed E-state index contributed by atoms with van der Waals surface area (Å²) in [6, 6.07) is 0. The van der Waals surface area contributed by atoms with E-state index in [9.17, 15) is 0 Å². The van der Waals surface area contributed by atoms with E-state index in [0.717, 1.165) is 25.9 Å². The third-order valence-corrected chi connectivity index (χ3v) is 2.07. The Balaban J connectivity index is 2.13. The number of hydrogen-bond donors (Lipinski definition) is 3. The van der Waals surface area contributed by atoms with Crippen LogP contribution in [-0.2, 0) is 0 Å². The smallest absolute Gasteiger partial charge is 0.0805 e. The molecule has 0 bridgehead atoms. The normalized spacial score (nSPS) is 23.5. The molecule has 0 amide bonds. The highest BCUT2D eigenvalue weighted by Crippen LogP contribution is 2.16. The molecule has 1 fully saturated rings. The summed E-state index contributed by atoms with van der Waals surface area (Å²) >= 11 is 0. The molecule has 0 spiro atoms. The van der Waals surface area contributed by atoms with Crippen molar-refractivity contribution in [2.75, 3.05) is 19.7 Å². The molecule has 0 aromatic heterocycles. The Hall–Kier alpha value is -0.120. The monoisotopic (exact) mass is 158 g/mol. The minimum atomic E-state index is -0.627. The Morgan fingerprint density at radius 1 is 1.45 bits per heavy atom. The van der Waals surface area contributed by atoms with Crippen LogP contribution in [0.2, 0.25) is 0 Å². The standard InChI is InChI=1S/C8H16NO2/c10-6-8(11)5-7-1-3-9-4-2-7/h5,7-11H,1-4,6H2. The zero-order valence-electron chi connectivity index (χ0n) is 6.66. The molecule has 1 atom stereocenters. The van der Waals surface area contributed by atoms with Crippen molar-refractivity contribution in [3.8, 4) is 0 Å². The summed E-state index contributed by atoms with van der Waals surface area (Å²) in [7, 11) is 0. The largest absolute Gasteiger partial charge is 0.394 e. The topological polar surface area (TPSA) is 52.5 Å². The fourth-order valence-corrected chi connectivity index (χ4v) is 1.41. The molecule has 0 saturated carbocycles. The van der Waals surface area contributed by atoms with Gasteiger partial charge in [-0.15, -0.1) is 0 Å². The molecular formula is C8H16NO2. The van der Waals surface area contributed by atoms with Crippen molar-refractivity contribution in [3.63, 3.8) is 0 Å². The van der Waals surface area contributed by atoms with Gasteiger partial charge in [0.05, 0.1) is 12.7 Å². The Kier molecular flexibility index (Phi) is 3.83. The van der Waals surface area contributed by atoms with Gasteiger partial charge in [-0.25, -0.2) is 0 Å². The quantitative estimate of drug-likeness (QED) is 0.521. The van der Waals surface area contributed by atoms with E-state index in [1.807, 2.05) is 6.42 Å². The van der Waals surface area contributed by atoms with Gasteiger partial charge in [0.1, 0.15) is 0 Å². The Morgan fingerprint density at radius 2 is 2.09 bits per heavy atom. The fraction of sp³-hybridized carbons (Fsp3) is 0.875. The van der Waals surface area contributed by atoms with E-state index in [-0.39, 0.29) is 6.61 Å². The van der Waals surface area contributed by atoms with Crippen molar-refractivity contribution in [1.82, 2.24) is 5.32 Å². The van der Waals surface area contributed by atoms with Gasteiger partial charge in [-0.3, -0.25) is 0 Å². The number of aliphatic hydroxyl groups is 2. The lowest BCUT2D eigenvalue weighted by Crippen LogP contribution is -2.30. The molecule has 1 unspecified atom stereocenters. The first-order chi connectivity index (χ1) is 5.33. The first-order valence-corrected chi connectivity index (χ1v) is 4.17. The summed E-state index contributed by atoms with van der Waals surface area (Å²) in [6.07, 6.45) is 3.38. The lowest BCUT2D eigenvalue weighted by molar-refractivity contribution is 0.107. The van der Waals surface area contributed by atoms with Crippen LogP contribution in [0.3, 0.4) is 0 Å². The summed E-state index contributed by atoms with van der Waals surface area (Å²) in [5, 5.41) is 20.9. The van der Waals surface area contributed by atoms with Crippen LogP contribution in [0.4, 0.5) is 0 Å². The molecule has 0 aliphatic carbocycles. The zero-order valence-corrected chi connectivity index (χ0v) is 6.66. The van der Waals surface area contributed by atoms with E-state index < -0.39 is 6.10 Å². The molecule has 3 heteroatoms. The number of aliphatic hydroxyl groups excluding tert-OH is 2. The van der Waals surface area contributed by atoms with Crippen molar-refractivity contribution in [2.24, 2.45) is 5.92 Å². The zero-order chi connectivity index (χ0) is 8.10. The van der Waals surface area contributed by atoms with Gasteiger partial charge < -0.3 is 15.5 Å². The van der Waals surface area contributed by atoms with Crippen molar-refractivity contribution in [1.29, 1.82) is 0 Å². The van der Waals surface area contributed by atoms with Gasteiger partial charge in [0.15, 0.2) is 0 Å². The number of hydrogen-bond acceptors (Lipinski definition) is 3. The first-order valence-electron chi connectivity index (χ1n) is 4.17. The average molecular weight is 158 g/mol. The third-order valence-electron chi connectivity index (χ3n) is 2.07. The second-order valence-electron chi connectivity index (χ2n) is 3.03. The molecule has 3 N–H and O–H groups in total. The van der Waals surface area contributed by atoms with Crippen LogP contribution in [0.25, 0.3) is 0 Å². The molecule has 1 heterocycles. The fourth-order valence-electron chi connectivity index (χ4n) is 1.41. The van der Waals surface area contributed by atoms with Crippen molar-refractivity contribution in [3.05, 3.63) is 6.42 Å². The first kappa shape index (κ1) is 8.97. The molecule has 1 aliphatic heterocycles. The molecule has 1 aliphatic rings. The highest BCUT2D eigenvalue weighted by molar-refractivity contribution is 4.86. The number of nitrogens with one attached hydrogen (secondary N) is 1. The second-order valence-corrected chi connectivity index (χ2v) is 3.03. The summed E-state index contributed by atoms with van der Waals surface area (Å²) < 4.78 is 0. The maximum atomic E-state index is 9.08. The van der Waals surface area contributed by atoms with Crippen molar-refractivity contribution >= 4 is 0 Å². The maximum absolute atomic E-state index is 9.08. The molecule has 1 saturated heterocycles. The Labute approximate surface area is 67.4 Å². The molecule has 0 aromatic rings. The minimum Gasteiger partial charge on any atom is -0.394 e. The van der Waals surface area contributed by atoms with Gasteiger partial charge in [-0.2, -0.15) is 0 Å². The van der Waals surface area contributed by atoms with E-state index >= 15 is 0 Å². The molecule has 65 valence electrons. The molecule has 0 aromatic carbocycles. The van der Waals surface area contributed by atoms with Crippen LogP contribution in [0.1, 0.15) is 12.8 Å². The van der Waals surface area contributed by atoms with Crippen LogP contribution in [0, 0.1) is 12.3 Å². The average Bonchev–Trinajstić information content (AvgIpc) is 2.06. The number of piperidine rings is 1. The Morgan fingerprint density at radius 3 is 2.64 bits per heavy atom. The maximum Gasteiger partial charge on any atom is 0.0805 e. The van der Waals surface area contributed by atoms with Crippen LogP contribution in [0.15, 0.2) is 0 Å². The third kappa shape index (κ3) is 3.18. The lowest BCUT2D eigenvalue weighted by atomic mass is 9.92. The van der Waals surface area contributed by atoms with Crippen molar-refractivity contribution in [2.45, 2.75) is 18.9 Å². The molecule has 11 heavy (non-hydrogen) atoms. The van der Waals surface area contributed by atoms with Gasteiger partial charge in [-0.05, 0) is 38.3 Å². The van der Waals surface area contributed by atoms with Gasteiger partial charge in [-0.1, -0.05) is 0 Å². The van der Waals surface area contributed by atoms with Crippen LogP contribution in [-0.4, -0.2) is 36.0 Å². The van der Waals surface area contributed by atoms with E-state index in [2.05, 4.69) is 5.32 Å². The van der Waals surface area contributed by atoms with Gasteiger partial charge >= 0.3 is 0 Å². The minimum absolute atomic E-state index is 0.149. The van der Waals surface area contributed by atoms with Crippen LogP contribution < -0.4 is 5.32 Å². The highest BCUT2D eigenvalue weighted by Gasteiger charge is 2.16. The predicted molar refractivity (Wildman–Crippen MR) is 43.0 cm³/mol. The summed E-state index contributed by atoms with van der Waals surface area (Å²) in [6.45, 7) is 1.91. The second kappa shape index (κ2) is 4.70. The number of rotatable bonds is 3. The molecule has 1 rings (SSSR count). The summed E-state index contributed by atoms with van der Waals surface area (Å²) in [5.41, 5.74) is 0. The molecular weight excluding hydrogens is 142 g/mol. The van der Waals surface area contributed by atoms with Gasteiger partial charge in [0.2, 0.25) is 0 Å². The van der Waals surface area contributed by atoms with Crippen molar-refractivity contribution < 1.29 is 10.2 Å². The molecule has 1 radical (unpaired) electrons. The van der Waals surface area contributed by atoms with E-state index in [1.54, 1.807) is 0 Å². The summed E-state index contributed by atoms with van der Waals surface area (Å²) in [4.78, 5) is 0. The van der Waals surface area contributed by atoms with E-state index in [4.69, 9.17) is 10.2 Å². The lowest BCUT2D eigenvalue weighted by Gasteiger charge is -2.23.